The van der Waals surface area contributed by atoms with Crippen molar-refractivity contribution in [1.82, 2.24) is 0 Å². The summed E-state index contributed by atoms with van der Waals surface area (Å²) in [6, 6.07) is 25.9. The average molecular weight is 559 g/mol. The van der Waals surface area contributed by atoms with Crippen LogP contribution >= 0.6 is 0 Å². The molecule has 0 aliphatic heterocycles. The van der Waals surface area contributed by atoms with Crippen molar-refractivity contribution in [3.63, 3.8) is 0 Å². The molecule has 0 aliphatic carbocycles. The van der Waals surface area contributed by atoms with Gasteiger partial charge in [0.1, 0.15) is 0 Å². The molecule has 0 fully saturated rings. The van der Waals surface area contributed by atoms with E-state index in [-0.39, 0.29) is 23.0 Å². The minimum Gasteiger partial charge on any atom is -0.462 e. The van der Waals surface area contributed by atoms with Crippen LogP contribution < -0.4 is 0 Å². The Kier molecular flexibility index (Phi) is 21.4. The predicted molar refractivity (Wildman–Crippen MR) is 159 cm³/mol. The molecule has 0 N–H and O–H groups in total. The molecule has 0 aromatic heterocycles. The third kappa shape index (κ3) is 16.7. The molecule has 0 saturated heterocycles. The standard InChI is InChI=1S/C30H45O2.C5H5.Fe/c1-2-3-4-5-6-7-8-9-10-11-12-13-14-15-16-19-26-32-30(31)29-24-22-28(23-25-29)27-20-17-18-21-27;1-2-4-5-3-1;/h17-18,20-25H,2-16,19,26H2,1H3;1-5H;/q2*-1;+2. The van der Waals surface area contributed by atoms with Crippen molar-refractivity contribution in [1.29, 1.82) is 0 Å². The van der Waals surface area contributed by atoms with E-state index < -0.39 is 0 Å². The molecule has 38 heavy (non-hydrogen) atoms. The molecule has 0 amide bonds. The van der Waals surface area contributed by atoms with Gasteiger partial charge in [0, 0.05) is 5.56 Å². The van der Waals surface area contributed by atoms with Gasteiger partial charge in [-0.3, -0.25) is 0 Å². The van der Waals surface area contributed by atoms with Crippen LogP contribution in [0.3, 0.4) is 0 Å². The second kappa shape index (κ2) is 24.0. The third-order valence-electron chi connectivity index (χ3n) is 6.90. The SMILES string of the molecule is CCCCCCCCCCCCCCCCCCOC(=O)c1ccc(-[c-]2cccc2)cc1.[Fe+2].c1cc[cH-]c1. The summed E-state index contributed by atoms with van der Waals surface area (Å²) in [6.45, 7) is 2.81. The number of hydrogen-bond donors (Lipinski definition) is 0. The van der Waals surface area contributed by atoms with E-state index in [1.165, 1.54) is 95.5 Å². The number of hydrogen-bond acceptors (Lipinski definition) is 2. The van der Waals surface area contributed by atoms with E-state index in [2.05, 4.69) is 19.1 Å². The Balaban J connectivity index is 0.00000107. The van der Waals surface area contributed by atoms with Gasteiger partial charge in [-0.2, -0.15) is 30.3 Å². The molecule has 0 heterocycles. The van der Waals surface area contributed by atoms with Crippen LogP contribution in [0, 0.1) is 0 Å². The fraction of sp³-hybridized carbons (Fsp3) is 0.514. The molecule has 2 nitrogen and oxygen atoms in total. The van der Waals surface area contributed by atoms with E-state index in [1.807, 2.05) is 66.7 Å². The van der Waals surface area contributed by atoms with E-state index in [4.69, 9.17) is 4.74 Å². The first-order chi connectivity index (χ1) is 18.3. The van der Waals surface area contributed by atoms with Gasteiger partial charge in [-0.25, -0.2) is 16.9 Å². The Labute approximate surface area is 243 Å². The van der Waals surface area contributed by atoms with Crippen LogP contribution in [0.5, 0.6) is 0 Å². The first-order valence-electron chi connectivity index (χ1n) is 15.0. The summed E-state index contributed by atoms with van der Waals surface area (Å²) in [5.74, 6) is -0.208. The summed E-state index contributed by atoms with van der Waals surface area (Å²) in [7, 11) is 0. The van der Waals surface area contributed by atoms with Crippen molar-refractivity contribution in [3.05, 3.63) is 84.4 Å². The quantitative estimate of drug-likeness (QED) is 0.0633. The zero-order valence-electron chi connectivity index (χ0n) is 23.7. The molecule has 0 spiro atoms. The van der Waals surface area contributed by atoms with E-state index in [0.29, 0.717) is 12.2 Å². The van der Waals surface area contributed by atoms with E-state index in [0.717, 1.165) is 18.4 Å². The number of carbonyl (C=O) groups is 1. The van der Waals surface area contributed by atoms with Gasteiger partial charge >= 0.3 is 23.0 Å². The topological polar surface area (TPSA) is 26.3 Å². The Bertz CT molecular complexity index is 848. The van der Waals surface area contributed by atoms with Gasteiger partial charge in [0.25, 0.3) is 0 Å². The second-order valence-electron chi connectivity index (χ2n) is 10.2. The first-order valence-corrected chi connectivity index (χ1v) is 15.0. The fourth-order valence-corrected chi connectivity index (χ4v) is 4.58. The first kappa shape index (κ1) is 33.9. The maximum absolute atomic E-state index is 12.2. The smallest absolute Gasteiger partial charge is 0.462 e. The summed E-state index contributed by atoms with van der Waals surface area (Å²) < 4.78 is 5.44. The van der Waals surface area contributed by atoms with Crippen molar-refractivity contribution in [2.75, 3.05) is 6.61 Å². The monoisotopic (exact) mass is 558 g/mol. The van der Waals surface area contributed by atoms with Crippen LogP contribution in [-0.4, -0.2) is 12.6 Å². The van der Waals surface area contributed by atoms with Crippen molar-refractivity contribution < 1.29 is 26.6 Å². The van der Waals surface area contributed by atoms with Gasteiger partial charge in [0.15, 0.2) is 0 Å². The van der Waals surface area contributed by atoms with Gasteiger partial charge in [-0.05, 0) is 6.42 Å². The summed E-state index contributed by atoms with van der Waals surface area (Å²) >= 11 is 0. The average Bonchev–Trinajstić information content (AvgIpc) is 3.68. The molecule has 0 radical (unpaired) electrons. The summed E-state index contributed by atoms with van der Waals surface area (Å²) in [4.78, 5) is 12.2. The van der Waals surface area contributed by atoms with Crippen LogP contribution in [-0.2, 0) is 21.8 Å². The minimum absolute atomic E-state index is 0. The largest absolute Gasteiger partial charge is 2.00 e. The van der Waals surface area contributed by atoms with Crippen molar-refractivity contribution in [2.24, 2.45) is 0 Å². The number of carbonyl (C=O) groups excluding carboxylic acids is 1. The molecular formula is C35H50FeO2. The number of esters is 1. The maximum Gasteiger partial charge on any atom is 2.00 e. The Morgan fingerprint density at radius 2 is 1.11 bits per heavy atom. The predicted octanol–water partition coefficient (Wildman–Crippen LogP) is 10.9. The van der Waals surface area contributed by atoms with Crippen molar-refractivity contribution in [2.45, 2.75) is 110 Å². The number of ether oxygens (including phenoxy) is 1. The second-order valence-corrected chi connectivity index (χ2v) is 10.2. The molecule has 0 atom stereocenters. The van der Waals surface area contributed by atoms with Gasteiger partial charge < -0.3 is 4.74 Å². The summed E-state index contributed by atoms with van der Waals surface area (Å²) in [5, 5.41) is 0. The number of rotatable bonds is 19. The molecule has 3 heteroatoms. The summed E-state index contributed by atoms with van der Waals surface area (Å²) in [6.07, 6.45) is 21.6. The molecular weight excluding hydrogens is 508 g/mol. The molecule has 3 aromatic carbocycles. The van der Waals surface area contributed by atoms with Gasteiger partial charge in [0.2, 0.25) is 0 Å². The molecule has 3 aromatic rings. The molecule has 3 rings (SSSR count). The third-order valence-corrected chi connectivity index (χ3v) is 6.90. The zero-order valence-corrected chi connectivity index (χ0v) is 24.8. The minimum atomic E-state index is -0.208. The van der Waals surface area contributed by atoms with Gasteiger partial charge in [-0.1, -0.05) is 121 Å². The fourth-order valence-electron chi connectivity index (χ4n) is 4.58. The number of benzene rings is 1. The van der Waals surface area contributed by atoms with Crippen LogP contribution in [0.1, 0.15) is 120 Å². The normalized spacial score (nSPS) is 10.3. The molecule has 0 saturated carbocycles. The van der Waals surface area contributed by atoms with Gasteiger partial charge in [0.05, 0.1) is 6.61 Å². The Hall–Kier alpha value is -2.09. The Morgan fingerprint density at radius 1 is 0.658 bits per heavy atom. The number of unbranched alkanes of at least 4 members (excludes halogenated alkanes) is 15. The molecule has 0 aliphatic rings. The van der Waals surface area contributed by atoms with Gasteiger partial charge in [-0.15, -0.1) is 29.8 Å². The van der Waals surface area contributed by atoms with Crippen LogP contribution in [0.25, 0.3) is 11.1 Å². The van der Waals surface area contributed by atoms with E-state index in [9.17, 15) is 4.79 Å². The van der Waals surface area contributed by atoms with E-state index >= 15 is 0 Å². The van der Waals surface area contributed by atoms with Crippen LogP contribution in [0.15, 0.2) is 78.9 Å². The summed E-state index contributed by atoms with van der Waals surface area (Å²) in [5.41, 5.74) is 2.94. The Morgan fingerprint density at radius 3 is 1.53 bits per heavy atom. The van der Waals surface area contributed by atoms with Crippen molar-refractivity contribution in [3.8, 4) is 11.1 Å². The van der Waals surface area contributed by atoms with Crippen LogP contribution in [0.2, 0.25) is 0 Å². The molecule has 0 unspecified atom stereocenters. The maximum atomic E-state index is 12.2. The molecule has 0 bridgehead atoms. The molecule has 210 valence electrons. The van der Waals surface area contributed by atoms with Crippen LogP contribution in [0.4, 0.5) is 0 Å². The van der Waals surface area contributed by atoms with E-state index in [1.54, 1.807) is 0 Å². The van der Waals surface area contributed by atoms with Crippen molar-refractivity contribution >= 4 is 5.97 Å². The zero-order chi connectivity index (χ0) is 26.2.